The number of fused-ring (bicyclic) bond motifs is 1. The molecule has 0 aromatic heterocycles. The highest BCUT2D eigenvalue weighted by atomic mass is 32.1. The third-order valence-corrected chi connectivity index (χ3v) is 6.15. The Morgan fingerprint density at radius 1 is 1.14 bits per heavy atom. The Hall–Kier alpha value is -1.99. The number of piperazine rings is 1. The summed E-state index contributed by atoms with van der Waals surface area (Å²) in [6.45, 7) is 12.2. The lowest BCUT2D eigenvalue weighted by Gasteiger charge is -2.35. The second kappa shape index (κ2) is 9.01. The van der Waals surface area contributed by atoms with E-state index in [0.29, 0.717) is 19.4 Å². The molecule has 1 aromatic carbocycles. The summed E-state index contributed by atoms with van der Waals surface area (Å²) in [7, 11) is 0. The van der Waals surface area contributed by atoms with Gasteiger partial charge in [0.1, 0.15) is 11.0 Å². The van der Waals surface area contributed by atoms with Gasteiger partial charge < -0.3 is 14.7 Å². The fraction of sp³-hybridized carbons (Fsp3) is 0.571. The van der Waals surface area contributed by atoms with Crippen LogP contribution in [0.25, 0.3) is 0 Å². The highest BCUT2D eigenvalue weighted by molar-refractivity contribution is 7.80. The average molecular weight is 403 g/mol. The second-order valence-electron chi connectivity index (χ2n) is 7.16. The van der Waals surface area contributed by atoms with Crippen molar-refractivity contribution in [2.24, 2.45) is 0 Å². The molecule has 2 amide bonds. The normalized spacial score (nSPS) is 22.5. The van der Waals surface area contributed by atoms with E-state index >= 15 is 0 Å². The maximum atomic E-state index is 12.2. The van der Waals surface area contributed by atoms with E-state index in [4.69, 9.17) is 12.2 Å². The second-order valence-corrected chi connectivity index (χ2v) is 7.55. The molecule has 3 heterocycles. The molecule has 6 nitrogen and oxygen atoms in total. The Balaban J connectivity index is 0.00000109. The first kappa shape index (κ1) is 20.7. The van der Waals surface area contributed by atoms with Crippen molar-refractivity contribution in [3.8, 4) is 0 Å². The van der Waals surface area contributed by atoms with Gasteiger partial charge in [-0.1, -0.05) is 33.0 Å². The van der Waals surface area contributed by atoms with Crippen molar-refractivity contribution >= 4 is 34.7 Å². The first-order valence-electron chi connectivity index (χ1n) is 10.3. The van der Waals surface area contributed by atoms with Gasteiger partial charge in [-0.2, -0.15) is 0 Å². The zero-order valence-electron chi connectivity index (χ0n) is 17.0. The summed E-state index contributed by atoms with van der Waals surface area (Å²) in [4.78, 5) is 31.2. The van der Waals surface area contributed by atoms with Crippen LogP contribution < -0.4 is 10.2 Å². The quantitative estimate of drug-likeness (QED) is 0.618. The van der Waals surface area contributed by atoms with Crippen LogP contribution in [0.15, 0.2) is 18.2 Å². The number of piperidine rings is 1. The van der Waals surface area contributed by atoms with Crippen LogP contribution in [0.3, 0.4) is 0 Å². The zero-order chi connectivity index (χ0) is 20.3. The standard InChI is InChI=1S/C19H24N4O2S.C2H6/c1-2-21-7-9-22(10-8-21)14-3-4-15-13(11-14)12-23(19(15)26)16-5-6-17(24)20-18(16)25;1-2/h3-4,11,16H,2,5-10,12H2,1H3,(H,20,24,25);1-2H3. The van der Waals surface area contributed by atoms with Crippen molar-refractivity contribution < 1.29 is 9.59 Å². The topological polar surface area (TPSA) is 55.9 Å². The van der Waals surface area contributed by atoms with Gasteiger partial charge in [0.2, 0.25) is 11.8 Å². The molecule has 0 aliphatic carbocycles. The minimum atomic E-state index is -0.343. The van der Waals surface area contributed by atoms with Crippen LogP contribution in [0.5, 0.6) is 0 Å². The zero-order valence-corrected chi connectivity index (χ0v) is 17.8. The third kappa shape index (κ3) is 4.05. The van der Waals surface area contributed by atoms with Crippen molar-refractivity contribution in [1.29, 1.82) is 0 Å². The number of carbonyl (C=O) groups is 2. The molecule has 0 saturated carbocycles. The molecule has 152 valence electrons. The highest BCUT2D eigenvalue weighted by Crippen LogP contribution is 2.31. The Labute approximate surface area is 172 Å². The molecule has 4 rings (SSSR count). The molecule has 7 heteroatoms. The number of nitrogens with zero attached hydrogens (tertiary/aromatic N) is 3. The van der Waals surface area contributed by atoms with E-state index in [2.05, 4.69) is 40.2 Å². The summed E-state index contributed by atoms with van der Waals surface area (Å²) in [5.74, 6) is -0.422. The molecule has 0 bridgehead atoms. The van der Waals surface area contributed by atoms with Gasteiger partial charge in [-0.25, -0.2) is 0 Å². The number of benzene rings is 1. The van der Waals surface area contributed by atoms with Crippen molar-refractivity contribution in [3.05, 3.63) is 29.3 Å². The fourth-order valence-corrected chi connectivity index (χ4v) is 4.47. The summed E-state index contributed by atoms with van der Waals surface area (Å²) in [5.41, 5.74) is 3.45. The first-order chi connectivity index (χ1) is 13.6. The van der Waals surface area contributed by atoms with E-state index in [1.54, 1.807) is 0 Å². The van der Waals surface area contributed by atoms with Crippen molar-refractivity contribution in [3.63, 3.8) is 0 Å². The number of imide groups is 1. The largest absolute Gasteiger partial charge is 0.369 e. The highest BCUT2D eigenvalue weighted by Gasteiger charge is 2.37. The van der Waals surface area contributed by atoms with Gasteiger partial charge in [-0.3, -0.25) is 14.9 Å². The predicted molar refractivity (Wildman–Crippen MR) is 116 cm³/mol. The maximum Gasteiger partial charge on any atom is 0.249 e. The molecule has 1 atom stereocenters. The van der Waals surface area contributed by atoms with Crippen LogP contribution >= 0.6 is 12.2 Å². The van der Waals surface area contributed by atoms with Gasteiger partial charge in [0.25, 0.3) is 0 Å². The Morgan fingerprint density at radius 3 is 2.50 bits per heavy atom. The van der Waals surface area contributed by atoms with Crippen LogP contribution in [0.2, 0.25) is 0 Å². The Bertz CT molecular complexity index is 759. The van der Waals surface area contributed by atoms with Crippen LogP contribution in [-0.2, 0) is 16.1 Å². The van der Waals surface area contributed by atoms with Crippen molar-refractivity contribution in [1.82, 2.24) is 15.1 Å². The molecule has 2 fully saturated rings. The fourth-order valence-electron chi connectivity index (χ4n) is 4.08. The molecule has 1 aromatic rings. The Morgan fingerprint density at radius 2 is 1.86 bits per heavy atom. The lowest BCUT2D eigenvalue weighted by Crippen LogP contribution is -2.52. The van der Waals surface area contributed by atoms with Crippen LogP contribution in [-0.4, -0.2) is 65.4 Å². The van der Waals surface area contributed by atoms with Gasteiger partial charge in [0.15, 0.2) is 0 Å². The monoisotopic (exact) mass is 402 g/mol. The minimum Gasteiger partial charge on any atom is -0.369 e. The Kier molecular flexibility index (Phi) is 6.67. The van der Waals surface area contributed by atoms with E-state index in [9.17, 15) is 9.59 Å². The lowest BCUT2D eigenvalue weighted by atomic mass is 10.0. The van der Waals surface area contributed by atoms with Gasteiger partial charge in [0, 0.05) is 50.4 Å². The van der Waals surface area contributed by atoms with E-state index in [1.165, 1.54) is 11.3 Å². The molecule has 0 radical (unpaired) electrons. The molecule has 28 heavy (non-hydrogen) atoms. The SMILES string of the molecule is CC.CCN1CCN(c2ccc3c(c2)CN(C2CCC(=O)NC2=O)C3=S)CC1. The molecule has 1 N–H and O–H groups in total. The summed E-state index contributed by atoms with van der Waals surface area (Å²) in [6.07, 6.45) is 0.906. The molecule has 0 spiro atoms. The van der Waals surface area contributed by atoms with E-state index in [1.807, 2.05) is 18.7 Å². The molecule has 2 saturated heterocycles. The number of hydrogen-bond donors (Lipinski definition) is 1. The number of nitrogens with one attached hydrogen (secondary N) is 1. The maximum absolute atomic E-state index is 12.2. The molecule has 1 unspecified atom stereocenters. The number of thiocarbonyl (C=S) groups is 1. The number of carbonyl (C=O) groups excluding carboxylic acids is 2. The van der Waals surface area contributed by atoms with Crippen LogP contribution in [0.1, 0.15) is 44.7 Å². The van der Waals surface area contributed by atoms with Gasteiger partial charge in [0.05, 0.1) is 0 Å². The number of likely N-dealkylation sites (N-methyl/N-ethyl adjacent to an activating group) is 1. The summed E-state index contributed by atoms with van der Waals surface area (Å²) in [5, 5.41) is 2.43. The van der Waals surface area contributed by atoms with Gasteiger partial charge in [-0.05, 0) is 36.7 Å². The number of hydrogen-bond acceptors (Lipinski definition) is 5. The smallest absolute Gasteiger partial charge is 0.249 e. The van der Waals surface area contributed by atoms with E-state index in [-0.39, 0.29) is 17.9 Å². The molecular weight excluding hydrogens is 372 g/mol. The molecule has 3 aliphatic rings. The first-order valence-corrected chi connectivity index (χ1v) is 10.7. The predicted octanol–water partition coefficient (Wildman–Crippen LogP) is 2.15. The van der Waals surface area contributed by atoms with E-state index in [0.717, 1.165) is 43.3 Å². The third-order valence-electron chi connectivity index (χ3n) is 5.69. The summed E-state index contributed by atoms with van der Waals surface area (Å²) in [6, 6.07) is 6.10. The van der Waals surface area contributed by atoms with E-state index < -0.39 is 0 Å². The van der Waals surface area contributed by atoms with Gasteiger partial charge in [-0.15, -0.1) is 0 Å². The van der Waals surface area contributed by atoms with Gasteiger partial charge >= 0.3 is 0 Å². The number of anilines is 1. The summed E-state index contributed by atoms with van der Waals surface area (Å²) >= 11 is 5.63. The number of rotatable bonds is 3. The molecule has 3 aliphatic heterocycles. The number of amides is 2. The van der Waals surface area contributed by atoms with Crippen LogP contribution in [0.4, 0.5) is 5.69 Å². The minimum absolute atomic E-state index is 0.192. The van der Waals surface area contributed by atoms with Crippen LogP contribution in [0, 0.1) is 0 Å². The summed E-state index contributed by atoms with van der Waals surface area (Å²) < 4.78 is 0. The lowest BCUT2D eigenvalue weighted by molar-refractivity contribution is -0.136. The van der Waals surface area contributed by atoms with Crippen molar-refractivity contribution in [2.45, 2.75) is 46.2 Å². The average Bonchev–Trinajstić information content (AvgIpc) is 3.05. The van der Waals surface area contributed by atoms with Crippen molar-refractivity contribution in [2.75, 3.05) is 37.6 Å². The molecular formula is C21H30N4O2S.